The van der Waals surface area contributed by atoms with Crippen LogP contribution in [0.3, 0.4) is 0 Å². The molecule has 25 heavy (non-hydrogen) atoms. The summed E-state index contributed by atoms with van der Waals surface area (Å²) < 4.78 is 5.24. The molecular formula is C16H14N6O3. The van der Waals surface area contributed by atoms with E-state index in [9.17, 15) is 10.1 Å². The standard InChI is InChI=1S/C16H14N6O3/c1-25-13-7-3-2-6-12(13)21-16-14(22(23)24)15(18-10-19-16)20-11-5-4-8-17-9-11/h2-10H,1H3,(H2,18,19,20,21). The smallest absolute Gasteiger partial charge is 0.353 e. The van der Waals surface area contributed by atoms with Gasteiger partial charge in [-0.15, -0.1) is 0 Å². The Morgan fingerprint density at radius 2 is 1.84 bits per heavy atom. The number of hydrogen-bond donors (Lipinski definition) is 2. The predicted molar refractivity (Wildman–Crippen MR) is 92.5 cm³/mol. The van der Waals surface area contributed by atoms with Crippen molar-refractivity contribution in [2.24, 2.45) is 0 Å². The Morgan fingerprint density at radius 3 is 2.52 bits per heavy atom. The molecule has 2 N–H and O–H groups in total. The highest BCUT2D eigenvalue weighted by molar-refractivity contribution is 5.78. The van der Waals surface area contributed by atoms with Crippen LogP contribution in [0.1, 0.15) is 0 Å². The predicted octanol–water partition coefficient (Wildman–Crippen LogP) is 3.28. The van der Waals surface area contributed by atoms with E-state index in [2.05, 4.69) is 25.6 Å². The van der Waals surface area contributed by atoms with Crippen molar-refractivity contribution >= 4 is 28.7 Å². The molecule has 0 bridgehead atoms. The molecule has 0 aliphatic carbocycles. The molecular weight excluding hydrogens is 324 g/mol. The number of benzene rings is 1. The molecule has 0 aliphatic heterocycles. The van der Waals surface area contributed by atoms with Crippen LogP contribution in [0.25, 0.3) is 0 Å². The summed E-state index contributed by atoms with van der Waals surface area (Å²) >= 11 is 0. The minimum absolute atomic E-state index is 0.0518. The minimum Gasteiger partial charge on any atom is -0.495 e. The van der Waals surface area contributed by atoms with Crippen LogP contribution >= 0.6 is 0 Å². The number of para-hydroxylation sites is 2. The monoisotopic (exact) mass is 338 g/mol. The van der Waals surface area contributed by atoms with Crippen molar-refractivity contribution in [3.8, 4) is 5.75 Å². The van der Waals surface area contributed by atoms with Gasteiger partial charge in [-0.3, -0.25) is 15.1 Å². The number of pyridine rings is 1. The van der Waals surface area contributed by atoms with Crippen molar-refractivity contribution in [2.45, 2.75) is 0 Å². The van der Waals surface area contributed by atoms with Crippen LogP contribution in [0.5, 0.6) is 5.75 Å². The fourth-order valence-electron chi connectivity index (χ4n) is 2.18. The summed E-state index contributed by atoms with van der Waals surface area (Å²) in [5.41, 5.74) is 0.851. The number of aromatic nitrogens is 3. The second-order valence-electron chi connectivity index (χ2n) is 4.87. The van der Waals surface area contributed by atoms with E-state index >= 15 is 0 Å². The zero-order chi connectivity index (χ0) is 17.6. The van der Waals surface area contributed by atoms with Gasteiger partial charge >= 0.3 is 5.69 Å². The van der Waals surface area contributed by atoms with Crippen molar-refractivity contribution in [3.63, 3.8) is 0 Å². The first-order chi connectivity index (χ1) is 12.2. The zero-order valence-corrected chi connectivity index (χ0v) is 13.2. The van der Waals surface area contributed by atoms with Gasteiger partial charge in [0.05, 0.1) is 29.6 Å². The van der Waals surface area contributed by atoms with Crippen LogP contribution in [-0.2, 0) is 0 Å². The van der Waals surface area contributed by atoms with Gasteiger partial charge in [0.1, 0.15) is 12.1 Å². The molecule has 0 saturated heterocycles. The molecule has 126 valence electrons. The van der Waals surface area contributed by atoms with Crippen molar-refractivity contribution < 1.29 is 9.66 Å². The first kappa shape index (κ1) is 16.1. The second kappa shape index (κ2) is 7.21. The first-order valence-corrected chi connectivity index (χ1v) is 7.25. The summed E-state index contributed by atoms with van der Waals surface area (Å²) in [6.45, 7) is 0. The van der Waals surface area contributed by atoms with Gasteiger partial charge in [-0.25, -0.2) is 9.97 Å². The molecule has 0 amide bonds. The Kier molecular flexibility index (Phi) is 4.65. The lowest BCUT2D eigenvalue weighted by Crippen LogP contribution is -2.06. The molecule has 0 aliphatic rings. The number of methoxy groups -OCH3 is 1. The number of hydrogen-bond acceptors (Lipinski definition) is 8. The molecule has 0 saturated carbocycles. The molecule has 0 atom stereocenters. The average molecular weight is 338 g/mol. The molecule has 9 heteroatoms. The lowest BCUT2D eigenvalue weighted by molar-refractivity contribution is -0.383. The second-order valence-corrected chi connectivity index (χ2v) is 4.87. The maximum atomic E-state index is 11.6. The summed E-state index contributed by atoms with van der Waals surface area (Å²) in [5.74, 6) is 0.651. The molecule has 0 fully saturated rings. The molecule has 3 rings (SSSR count). The SMILES string of the molecule is COc1ccccc1Nc1ncnc(Nc2cccnc2)c1[N+](=O)[O-]. The number of nitrogens with zero attached hydrogens (tertiary/aromatic N) is 4. The number of anilines is 4. The number of ether oxygens (including phenoxy) is 1. The van der Waals surface area contributed by atoms with Crippen molar-refractivity contribution in [1.29, 1.82) is 0 Å². The summed E-state index contributed by atoms with van der Waals surface area (Å²) in [4.78, 5) is 23.0. The summed E-state index contributed by atoms with van der Waals surface area (Å²) in [7, 11) is 1.52. The van der Waals surface area contributed by atoms with Crippen LogP contribution in [0.2, 0.25) is 0 Å². The van der Waals surface area contributed by atoms with Gasteiger partial charge in [0.15, 0.2) is 0 Å². The number of rotatable bonds is 6. The third-order valence-electron chi connectivity index (χ3n) is 3.29. The normalized spacial score (nSPS) is 10.1. The Hall–Kier alpha value is -3.75. The van der Waals surface area contributed by atoms with E-state index in [1.807, 2.05) is 0 Å². The van der Waals surface area contributed by atoms with Crippen molar-refractivity contribution in [1.82, 2.24) is 15.0 Å². The Morgan fingerprint density at radius 1 is 1.08 bits per heavy atom. The molecule has 1 aromatic carbocycles. The van der Waals surface area contributed by atoms with Crippen LogP contribution in [0.4, 0.5) is 28.7 Å². The fourth-order valence-corrected chi connectivity index (χ4v) is 2.18. The highest BCUT2D eigenvalue weighted by Crippen LogP contribution is 2.35. The third-order valence-corrected chi connectivity index (χ3v) is 3.29. The summed E-state index contributed by atoms with van der Waals surface area (Å²) in [6.07, 6.45) is 4.39. The molecule has 0 radical (unpaired) electrons. The third kappa shape index (κ3) is 3.61. The van der Waals surface area contributed by atoms with E-state index in [0.717, 1.165) is 0 Å². The molecule has 9 nitrogen and oxygen atoms in total. The number of nitrogens with one attached hydrogen (secondary N) is 2. The largest absolute Gasteiger partial charge is 0.495 e. The lowest BCUT2D eigenvalue weighted by Gasteiger charge is -2.12. The number of nitro groups is 1. The highest BCUT2D eigenvalue weighted by atomic mass is 16.6. The van der Waals surface area contributed by atoms with Gasteiger partial charge in [0, 0.05) is 6.20 Å². The quantitative estimate of drug-likeness (QED) is 0.520. The molecule has 3 aromatic rings. The van der Waals surface area contributed by atoms with Crippen LogP contribution in [-0.4, -0.2) is 27.0 Å². The lowest BCUT2D eigenvalue weighted by atomic mass is 10.3. The topological polar surface area (TPSA) is 115 Å². The van der Waals surface area contributed by atoms with Crippen molar-refractivity contribution in [2.75, 3.05) is 17.7 Å². The van der Waals surface area contributed by atoms with E-state index in [4.69, 9.17) is 4.74 Å². The average Bonchev–Trinajstić information content (AvgIpc) is 2.63. The Labute approximate surface area is 142 Å². The zero-order valence-electron chi connectivity index (χ0n) is 13.2. The van der Waals surface area contributed by atoms with E-state index in [-0.39, 0.29) is 17.3 Å². The van der Waals surface area contributed by atoms with Gasteiger partial charge in [0.25, 0.3) is 0 Å². The first-order valence-electron chi connectivity index (χ1n) is 7.25. The van der Waals surface area contributed by atoms with E-state index < -0.39 is 4.92 Å². The van der Waals surface area contributed by atoms with Gasteiger partial charge < -0.3 is 15.4 Å². The molecule has 0 spiro atoms. The maximum Gasteiger partial charge on any atom is 0.353 e. The highest BCUT2D eigenvalue weighted by Gasteiger charge is 2.24. The fraction of sp³-hybridized carbons (Fsp3) is 0.0625. The Balaban J connectivity index is 1.99. The van der Waals surface area contributed by atoms with Gasteiger partial charge in [-0.1, -0.05) is 12.1 Å². The van der Waals surface area contributed by atoms with E-state index in [1.54, 1.807) is 48.8 Å². The van der Waals surface area contributed by atoms with Gasteiger partial charge in [0.2, 0.25) is 11.6 Å². The van der Waals surface area contributed by atoms with E-state index in [1.165, 1.54) is 13.4 Å². The minimum atomic E-state index is -0.545. The van der Waals surface area contributed by atoms with Gasteiger partial charge in [-0.2, -0.15) is 0 Å². The Bertz CT molecular complexity index is 888. The maximum absolute atomic E-state index is 11.6. The summed E-state index contributed by atoms with van der Waals surface area (Å²) in [5, 5.41) is 17.4. The molecule has 2 aromatic heterocycles. The van der Waals surface area contributed by atoms with Crippen LogP contribution < -0.4 is 15.4 Å². The van der Waals surface area contributed by atoms with Crippen molar-refractivity contribution in [3.05, 3.63) is 65.2 Å². The van der Waals surface area contributed by atoms with Crippen LogP contribution in [0, 0.1) is 10.1 Å². The molecule has 0 unspecified atom stereocenters. The molecule has 2 heterocycles. The van der Waals surface area contributed by atoms with Crippen LogP contribution in [0.15, 0.2) is 55.1 Å². The van der Waals surface area contributed by atoms with Gasteiger partial charge in [-0.05, 0) is 24.3 Å². The van der Waals surface area contributed by atoms with E-state index in [0.29, 0.717) is 17.1 Å². The summed E-state index contributed by atoms with van der Waals surface area (Å²) in [6, 6.07) is 10.5.